The molecule has 31 heavy (non-hydrogen) atoms. The molecular weight excluding hydrogens is 525 g/mol. The van der Waals surface area contributed by atoms with E-state index in [4.69, 9.17) is 11.6 Å². The maximum atomic E-state index is 13.3. The van der Waals surface area contributed by atoms with Crippen molar-refractivity contribution in [1.82, 2.24) is 9.29 Å². The Balaban J connectivity index is 1.39. The molecule has 0 spiro atoms. The Labute approximate surface area is 198 Å². The van der Waals surface area contributed by atoms with E-state index in [0.717, 1.165) is 22.0 Å². The summed E-state index contributed by atoms with van der Waals surface area (Å²) in [6.07, 6.45) is 0.565. The third-order valence-electron chi connectivity index (χ3n) is 5.13. The van der Waals surface area contributed by atoms with Gasteiger partial charge in [0.25, 0.3) is 0 Å². The molecule has 0 unspecified atom stereocenters. The summed E-state index contributed by atoms with van der Waals surface area (Å²) in [5, 5.41) is 3.63. The van der Waals surface area contributed by atoms with Crippen LogP contribution in [0, 0.1) is 5.82 Å². The molecule has 2 aromatic carbocycles. The smallest absolute Gasteiger partial charge is 0.243 e. The lowest BCUT2D eigenvalue weighted by Gasteiger charge is -2.33. The second-order valence-corrected chi connectivity index (χ2v) is 11.0. The van der Waals surface area contributed by atoms with Gasteiger partial charge in [-0.15, -0.1) is 11.3 Å². The van der Waals surface area contributed by atoms with Crippen molar-refractivity contribution >= 4 is 54.0 Å². The van der Waals surface area contributed by atoms with Crippen LogP contribution in [0.1, 0.15) is 16.8 Å². The molecule has 0 aliphatic carbocycles. The molecule has 4 rings (SSSR count). The van der Waals surface area contributed by atoms with Crippen LogP contribution in [0.25, 0.3) is 0 Å². The number of anilines is 1. The predicted molar refractivity (Wildman–Crippen MR) is 126 cm³/mol. The van der Waals surface area contributed by atoms with Gasteiger partial charge in [-0.1, -0.05) is 45.7 Å². The van der Waals surface area contributed by atoms with Crippen molar-refractivity contribution in [1.29, 1.82) is 0 Å². The Morgan fingerprint density at radius 3 is 2.39 bits per heavy atom. The fraction of sp³-hybridized carbons (Fsp3) is 0.286. The maximum Gasteiger partial charge on any atom is 0.243 e. The number of aromatic nitrogens is 1. The number of sulfonamides is 1. The Kier molecular flexibility index (Phi) is 6.98. The summed E-state index contributed by atoms with van der Waals surface area (Å²) in [5.74, 6) is -0.434. The van der Waals surface area contributed by atoms with Gasteiger partial charge in [0.2, 0.25) is 10.0 Å². The van der Waals surface area contributed by atoms with Crippen molar-refractivity contribution in [2.45, 2.75) is 16.6 Å². The SMILES string of the molecule is O=S(=O)(c1ccc(CBr)cc1)N1CCN(c2nc(Cc3ccc(F)c(Cl)c3)cs2)CC1. The molecule has 10 heteroatoms. The summed E-state index contributed by atoms with van der Waals surface area (Å²) >= 11 is 10.8. The lowest BCUT2D eigenvalue weighted by Crippen LogP contribution is -2.48. The van der Waals surface area contributed by atoms with Gasteiger partial charge in [0.1, 0.15) is 5.82 Å². The highest BCUT2D eigenvalue weighted by Gasteiger charge is 2.29. The van der Waals surface area contributed by atoms with Gasteiger partial charge in [0.05, 0.1) is 15.6 Å². The highest BCUT2D eigenvalue weighted by molar-refractivity contribution is 9.08. The van der Waals surface area contributed by atoms with Gasteiger partial charge in [0.15, 0.2) is 5.13 Å². The second kappa shape index (κ2) is 9.54. The molecule has 1 aliphatic rings. The summed E-state index contributed by atoms with van der Waals surface area (Å²) in [5.41, 5.74) is 2.81. The van der Waals surface area contributed by atoms with Crippen LogP contribution >= 0.6 is 38.9 Å². The van der Waals surface area contributed by atoms with E-state index < -0.39 is 15.8 Å². The van der Waals surface area contributed by atoms with Gasteiger partial charge >= 0.3 is 0 Å². The quantitative estimate of drug-likeness (QED) is 0.413. The minimum absolute atomic E-state index is 0.104. The third kappa shape index (κ3) is 5.12. The van der Waals surface area contributed by atoms with Crippen LogP contribution in [0.5, 0.6) is 0 Å². The lowest BCUT2D eigenvalue weighted by molar-refractivity contribution is 0.384. The van der Waals surface area contributed by atoms with Crippen molar-refractivity contribution in [2.75, 3.05) is 31.1 Å². The zero-order valence-electron chi connectivity index (χ0n) is 16.5. The van der Waals surface area contributed by atoms with Crippen LogP contribution in [0.2, 0.25) is 5.02 Å². The summed E-state index contributed by atoms with van der Waals surface area (Å²) in [6.45, 7) is 1.97. The van der Waals surface area contributed by atoms with Gasteiger partial charge in [-0.3, -0.25) is 0 Å². The molecule has 0 atom stereocenters. The van der Waals surface area contributed by atoms with E-state index in [9.17, 15) is 12.8 Å². The van der Waals surface area contributed by atoms with E-state index in [-0.39, 0.29) is 5.02 Å². The van der Waals surface area contributed by atoms with E-state index in [1.807, 2.05) is 17.5 Å². The van der Waals surface area contributed by atoms with Crippen LogP contribution in [-0.4, -0.2) is 43.9 Å². The van der Waals surface area contributed by atoms with Gasteiger partial charge in [0, 0.05) is 43.3 Å². The minimum atomic E-state index is -3.50. The number of benzene rings is 2. The molecule has 0 N–H and O–H groups in total. The summed E-state index contributed by atoms with van der Waals surface area (Å²) in [7, 11) is -3.50. The standard InChI is InChI=1S/C21H20BrClFN3O2S2/c22-13-15-1-4-18(5-2-15)31(28,29)27-9-7-26(8-10-27)21-25-17(14-30-21)11-16-3-6-20(24)19(23)12-16/h1-6,12,14H,7-11,13H2. The first-order valence-corrected chi connectivity index (χ1v) is 13.5. The Bertz CT molecular complexity index is 1160. The average molecular weight is 545 g/mol. The first kappa shape index (κ1) is 22.7. The van der Waals surface area contributed by atoms with Crippen molar-refractivity contribution in [3.8, 4) is 0 Å². The van der Waals surface area contributed by atoms with Gasteiger partial charge in [-0.2, -0.15) is 4.31 Å². The monoisotopic (exact) mass is 543 g/mol. The highest BCUT2D eigenvalue weighted by Crippen LogP contribution is 2.26. The number of hydrogen-bond donors (Lipinski definition) is 0. The van der Waals surface area contributed by atoms with E-state index in [2.05, 4.69) is 25.8 Å². The second-order valence-electron chi connectivity index (χ2n) is 7.22. The van der Waals surface area contributed by atoms with Crippen LogP contribution in [0.3, 0.4) is 0 Å². The normalized spacial score (nSPS) is 15.4. The van der Waals surface area contributed by atoms with E-state index in [0.29, 0.717) is 42.8 Å². The highest BCUT2D eigenvalue weighted by atomic mass is 79.9. The zero-order chi connectivity index (χ0) is 22.0. The molecule has 3 aromatic rings. The molecule has 1 saturated heterocycles. The van der Waals surface area contributed by atoms with Crippen molar-refractivity contribution < 1.29 is 12.8 Å². The van der Waals surface area contributed by atoms with E-state index in [1.54, 1.807) is 24.3 Å². The predicted octanol–water partition coefficient (Wildman–Crippen LogP) is 4.93. The maximum absolute atomic E-state index is 13.3. The topological polar surface area (TPSA) is 53.5 Å². The largest absolute Gasteiger partial charge is 0.345 e. The zero-order valence-corrected chi connectivity index (χ0v) is 20.4. The first-order valence-electron chi connectivity index (χ1n) is 9.65. The Morgan fingerprint density at radius 2 is 1.74 bits per heavy atom. The molecular formula is C21H20BrClFN3O2S2. The van der Waals surface area contributed by atoms with Gasteiger partial charge < -0.3 is 4.90 Å². The fourth-order valence-corrected chi connectivity index (χ4v) is 6.28. The van der Waals surface area contributed by atoms with Gasteiger partial charge in [-0.05, 0) is 35.4 Å². The molecule has 0 radical (unpaired) electrons. The number of hydrogen-bond acceptors (Lipinski definition) is 5. The number of piperazine rings is 1. The number of alkyl halides is 1. The van der Waals surface area contributed by atoms with Crippen LogP contribution in [-0.2, 0) is 21.8 Å². The Hall–Kier alpha value is -1.52. The molecule has 164 valence electrons. The summed E-state index contributed by atoms with van der Waals surface area (Å²) < 4.78 is 40.7. The van der Waals surface area contributed by atoms with Gasteiger partial charge in [-0.25, -0.2) is 17.8 Å². The summed E-state index contributed by atoms with van der Waals surface area (Å²) in [4.78, 5) is 7.10. The van der Waals surface area contributed by atoms with E-state index >= 15 is 0 Å². The molecule has 0 saturated carbocycles. The Morgan fingerprint density at radius 1 is 1.06 bits per heavy atom. The average Bonchev–Trinajstić information content (AvgIpc) is 3.25. The fourth-order valence-electron chi connectivity index (χ4n) is 3.40. The molecule has 1 fully saturated rings. The summed E-state index contributed by atoms with van der Waals surface area (Å²) in [6, 6.07) is 11.6. The molecule has 0 amide bonds. The number of thiazole rings is 1. The molecule has 1 aromatic heterocycles. The number of nitrogens with zero attached hydrogens (tertiary/aromatic N) is 3. The molecule has 1 aliphatic heterocycles. The minimum Gasteiger partial charge on any atom is -0.345 e. The molecule has 2 heterocycles. The third-order valence-corrected chi connectivity index (χ3v) is 8.93. The first-order chi connectivity index (χ1) is 14.9. The van der Waals surface area contributed by atoms with Crippen molar-refractivity contribution in [3.63, 3.8) is 0 Å². The van der Waals surface area contributed by atoms with E-state index in [1.165, 1.54) is 21.7 Å². The lowest BCUT2D eigenvalue weighted by atomic mass is 10.1. The number of halogens is 3. The molecule has 5 nitrogen and oxygen atoms in total. The number of rotatable bonds is 6. The molecule has 0 bridgehead atoms. The van der Waals surface area contributed by atoms with Crippen molar-refractivity contribution in [2.24, 2.45) is 0 Å². The van der Waals surface area contributed by atoms with Crippen LogP contribution in [0.15, 0.2) is 52.7 Å². The van der Waals surface area contributed by atoms with Crippen molar-refractivity contribution in [3.05, 3.63) is 75.5 Å². The van der Waals surface area contributed by atoms with Crippen LogP contribution in [0.4, 0.5) is 9.52 Å². The van der Waals surface area contributed by atoms with Crippen LogP contribution < -0.4 is 4.90 Å².